The Labute approximate surface area is 208 Å². The molecule has 1 unspecified atom stereocenters. The van der Waals surface area contributed by atoms with Crippen molar-refractivity contribution < 1.29 is 25.9 Å². The number of halogens is 3. The van der Waals surface area contributed by atoms with Crippen molar-refractivity contribution in [2.24, 2.45) is 0 Å². The first-order valence-electron chi connectivity index (χ1n) is 9.32. The van der Waals surface area contributed by atoms with Crippen molar-refractivity contribution in [1.82, 2.24) is 9.88 Å². The molecule has 4 rings (SSSR count). The number of carboxylic acids is 1. The van der Waals surface area contributed by atoms with E-state index >= 15 is 0 Å². The maximum absolute atomic E-state index is 14.9. The molecule has 1 aliphatic rings. The van der Waals surface area contributed by atoms with Gasteiger partial charge in [0.1, 0.15) is 23.0 Å². The zero-order valence-corrected chi connectivity index (χ0v) is 18.9. The number of pyridine rings is 1. The number of rotatable bonds is 3. The third kappa shape index (κ3) is 4.45. The van der Waals surface area contributed by atoms with Gasteiger partial charge in [0.15, 0.2) is 0 Å². The molecule has 0 amide bonds. The van der Waals surface area contributed by atoms with Gasteiger partial charge in [-0.2, -0.15) is 0 Å². The Morgan fingerprint density at radius 3 is 2.52 bits per heavy atom. The molecule has 0 bridgehead atoms. The number of fused-ring (bicyclic) bond motifs is 1. The van der Waals surface area contributed by atoms with E-state index in [0.717, 1.165) is 29.0 Å². The Balaban J connectivity index is 0.00000181. The molecule has 10 heteroatoms. The fourth-order valence-corrected chi connectivity index (χ4v) is 3.76. The number of carbonyl (C=O) groups is 1. The fraction of sp³-hybridized carbons (Fsp3) is 0.238. The molecular weight excluding hydrogens is 439 g/mol. The molecule has 160 valence electrons. The van der Waals surface area contributed by atoms with Gasteiger partial charge in [-0.25, -0.2) is 18.0 Å². The number of aromatic nitrogens is 1. The van der Waals surface area contributed by atoms with Gasteiger partial charge in [-0.05, 0) is 31.2 Å². The van der Waals surface area contributed by atoms with E-state index in [2.05, 4.69) is 5.32 Å². The zero-order chi connectivity index (χ0) is 21.6. The van der Waals surface area contributed by atoms with E-state index in [4.69, 9.17) is 0 Å². The van der Waals surface area contributed by atoms with Crippen molar-refractivity contribution in [3.63, 3.8) is 0 Å². The summed E-state index contributed by atoms with van der Waals surface area (Å²) in [5, 5.41) is 12.4. The number of benzene rings is 2. The normalized spacial score (nSPS) is 16.3. The molecule has 1 saturated heterocycles. The molecule has 0 radical (unpaired) electrons. The van der Waals surface area contributed by atoms with Gasteiger partial charge in [-0.1, -0.05) is 0 Å². The number of piperazine rings is 1. The van der Waals surface area contributed by atoms with Gasteiger partial charge in [-0.15, -0.1) is 0 Å². The summed E-state index contributed by atoms with van der Waals surface area (Å²) in [4.78, 5) is 26.0. The first kappa shape index (κ1) is 23.6. The molecule has 2 heterocycles. The van der Waals surface area contributed by atoms with Crippen LogP contribution in [-0.4, -0.2) is 79.1 Å². The van der Waals surface area contributed by atoms with E-state index < -0.39 is 34.4 Å². The number of hydrogen-bond acceptors (Lipinski definition) is 4. The van der Waals surface area contributed by atoms with Crippen molar-refractivity contribution in [1.29, 1.82) is 0 Å². The fourth-order valence-electron chi connectivity index (χ4n) is 3.76. The monoisotopic (exact) mass is 459 g/mol. The van der Waals surface area contributed by atoms with Crippen molar-refractivity contribution in [2.45, 2.75) is 13.0 Å². The van der Waals surface area contributed by atoms with Crippen molar-refractivity contribution in [3.8, 4) is 5.69 Å². The van der Waals surface area contributed by atoms with Crippen molar-refractivity contribution in [2.75, 3.05) is 24.5 Å². The third-order valence-electron chi connectivity index (χ3n) is 5.18. The number of hydrogen-bond donors (Lipinski definition) is 2. The van der Waals surface area contributed by atoms with Crippen LogP contribution in [0.2, 0.25) is 0 Å². The Bertz CT molecular complexity index is 1240. The van der Waals surface area contributed by atoms with Crippen LogP contribution in [0.5, 0.6) is 0 Å². The van der Waals surface area contributed by atoms with Gasteiger partial charge in [0.2, 0.25) is 5.43 Å². The van der Waals surface area contributed by atoms with Crippen LogP contribution in [0.15, 0.2) is 41.3 Å². The van der Waals surface area contributed by atoms with Gasteiger partial charge >= 0.3 is 43.7 Å². The molecule has 1 aromatic heterocycles. The van der Waals surface area contributed by atoms with Crippen LogP contribution in [0.3, 0.4) is 0 Å². The van der Waals surface area contributed by atoms with Crippen LogP contribution in [0.25, 0.3) is 16.6 Å². The van der Waals surface area contributed by atoms with Gasteiger partial charge in [0.25, 0.3) is 0 Å². The molecule has 0 spiro atoms. The minimum Gasteiger partial charge on any atom is -1.00 e. The standard InChI is InChI=1S/C21H18F3N3O3.Ca.2H/c1-11-9-26(5-4-25-11)19-8-18-13(7-16(19)24)20(28)14(21(29)30)10-27(18)17-3-2-12(22)6-15(17)23;;;/h2-3,6-8,10-11,25H,4-5,9H2,1H3,(H,29,30);;;/q;+2;2*-1. The molecule has 1 atom stereocenters. The van der Waals surface area contributed by atoms with Crippen LogP contribution >= 0.6 is 0 Å². The van der Waals surface area contributed by atoms with Crippen LogP contribution in [-0.2, 0) is 0 Å². The second-order valence-corrected chi connectivity index (χ2v) is 7.26. The van der Waals surface area contributed by atoms with E-state index in [1.165, 1.54) is 6.07 Å². The maximum atomic E-state index is 14.9. The second kappa shape index (κ2) is 9.20. The van der Waals surface area contributed by atoms with Crippen LogP contribution in [0, 0.1) is 17.5 Å². The van der Waals surface area contributed by atoms with Crippen molar-refractivity contribution >= 4 is 60.3 Å². The van der Waals surface area contributed by atoms with Gasteiger partial charge in [-0.3, -0.25) is 4.79 Å². The summed E-state index contributed by atoms with van der Waals surface area (Å²) in [7, 11) is 0. The molecule has 6 nitrogen and oxygen atoms in total. The minimum atomic E-state index is -1.53. The smallest absolute Gasteiger partial charge is 1.00 e. The number of carboxylic acid groups (broad SMARTS) is 1. The maximum Gasteiger partial charge on any atom is 2.00 e. The predicted molar refractivity (Wildman–Crippen MR) is 114 cm³/mol. The Morgan fingerprint density at radius 1 is 1.16 bits per heavy atom. The molecule has 0 aliphatic carbocycles. The molecule has 2 N–H and O–H groups in total. The predicted octanol–water partition coefficient (Wildman–Crippen LogP) is 2.75. The summed E-state index contributed by atoms with van der Waals surface area (Å²) in [6.45, 7) is 3.63. The largest absolute Gasteiger partial charge is 2.00 e. The SMILES string of the molecule is CC1CN(c2cc3c(cc2F)c(=O)c(C(=O)O)cn3-c2ccc(F)cc2F)CCN1.[Ca+2].[H-].[H-]. The number of nitrogens with zero attached hydrogens (tertiary/aromatic N) is 2. The Morgan fingerprint density at radius 2 is 1.87 bits per heavy atom. The molecule has 2 aromatic carbocycles. The summed E-state index contributed by atoms with van der Waals surface area (Å²) in [6, 6.07) is 5.30. The van der Waals surface area contributed by atoms with Gasteiger partial charge < -0.3 is 22.7 Å². The topological polar surface area (TPSA) is 74.6 Å². The first-order valence-corrected chi connectivity index (χ1v) is 9.32. The number of anilines is 1. The summed E-state index contributed by atoms with van der Waals surface area (Å²) in [5.74, 6) is -3.96. The minimum absolute atomic E-state index is 0. The van der Waals surface area contributed by atoms with Crippen molar-refractivity contribution in [3.05, 3.63) is 69.8 Å². The van der Waals surface area contributed by atoms with Crippen LogP contribution in [0.1, 0.15) is 20.1 Å². The van der Waals surface area contributed by atoms with Gasteiger partial charge in [0.05, 0.1) is 16.9 Å². The average molecular weight is 459 g/mol. The molecular formula is C21H20CaF3N3O3. The summed E-state index contributed by atoms with van der Waals surface area (Å²) < 4.78 is 44.0. The quantitative estimate of drug-likeness (QED) is 0.590. The van der Waals surface area contributed by atoms with Crippen LogP contribution in [0.4, 0.5) is 18.9 Å². The number of aromatic carboxylic acids is 1. The molecule has 1 fully saturated rings. The summed E-state index contributed by atoms with van der Waals surface area (Å²) >= 11 is 0. The first-order chi connectivity index (χ1) is 14.3. The van der Waals surface area contributed by atoms with Crippen LogP contribution < -0.4 is 15.6 Å². The molecule has 31 heavy (non-hydrogen) atoms. The Kier molecular flexibility index (Phi) is 7.00. The Hall–Kier alpha value is -2.07. The zero-order valence-electron chi connectivity index (χ0n) is 18.7. The summed E-state index contributed by atoms with van der Waals surface area (Å²) in [6.07, 6.45) is 0.978. The average Bonchev–Trinajstić information content (AvgIpc) is 2.68. The number of nitrogens with one attached hydrogen (secondary N) is 1. The molecule has 0 saturated carbocycles. The third-order valence-corrected chi connectivity index (χ3v) is 5.18. The van der Waals surface area contributed by atoms with E-state index in [1.54, 1.807) is 4.90 Å². The van der Waals surface area contributed by atoms with Gasteiger partial charge in [0, 0.05) is 43.3 Å². The molecule has 3 aromatic rings. The van der Waals surface area contributed by atoms with E-state index in [1.807, 2.05) is 6.92 Å². The summed E-state index contributed by atoms with van der Waals surface area (Å²) in [5.41, 5.74) is -1.34. The molecule has 1 aliphatic heterocycles. The van der Waals surface area contributed by atoms with E-state index in [-0.39, 0.29) is 68.9 Å². The van der Waals surface area contributed by atoms with E-state index in [0.29, 0.717) is 25.7 Å². The van der Waals surface area contributed by atoms with E-state index in [9.17, 15) is 27.9 Å². The second-order valence-electron chi connectivity index (χ2n) is 7.26.